The number of rotatable bonds is 6. The summed E-state index contributed by atoms with van der Waals surface area (Å²) in [4.78, 5) is 28.7. The van der Waals surface area contributed by atoms with Crippen LogP contribution in [0.25, 0.3) is 11.0 Å². The third-order valence-electron chi connectivity index (χ3n) is 4.13. The summed E-state index contributed by atoms with van der Waals surface area (Å²) in [6.45, 7) is 5.87. The number of hydrogen-bond acceptors (Lipinski definition) is 4. The molecule has 1 N–H and O–H groups in total. The van der Waals surface area contributed by atoms with Crippen molar-refractivity contribution in [3.8, 4) is 0 Å². The predicted octanol–water partition coefficient (Wildman–Crippen LogP) is 2.05. The molecular weight excluding hydrogens is 294 g/mol. The molecule has 1 aromatic carbocycles. The van der Waals surface area contributed by atoms with Crippen LogP contribution in [0.2, 0.25) is 0 Å². The number of amides is 1. The van der Waals surface area contributed by atoms with Gasteiger partial charge >= 0.3 is 5.97 Å². The Morgan fingerprint density at radius 1 is 1.35 bits per heavy atom. The average Bonchev–Trinajstić information content (AvgIpc) is 2.87. The van der Waals surface area contributed by atoms with Crippen LogP contribution in [-0.2, 0) is 20.9 Å². The Hall–Kier alpha value is -2.37. The molecule has 0 saturated heterocycles. The maximum absolute atomic E-state index is 12.4. The van der Waals surface area contributed by atoms with Crippen molar-refractivity contribution in [2.24, 2.45) is 5.92 Å². The molecule has 0 fully saturated rings. The molecule has 1 amide bonds. The number of imidazole rings is 1. The van der Waals surface area contributed by atoms with Crippen molar-refractivity contribution in [3.63, 3.8) is 0 Å². The number of hydrogen-bond donors (Lipinski definition) is 1. The summed E-state index contributed by atoms with van der Waals surface area (Å²) >= 11 is 0. The van der Waals surface area contributed by atoms with Gasteiger partial charge in [0.25, 0.3) is 0 Å². The SMILES string of the molecule is CC[C@@H](C)[C@@H](NC(=O)Cn1c(C)nc2ccccc21)C(=O)OC. The van der Waals surface area contributed by atoms with E-state index in [0.717, 1.165) is 23.3 Å². The van der Waals surface area contributed by atoms with Crippen LogP contribution in [0.1, 0.15) is 26.1 Å². The molecule has 0 bridgehead atoms. The number of ether oxygens (including phenoxy) is 1. The lowest BCUT2D eigenvalue weighted by Crippen LogP contribution is -2.46. The quantitative estimate of drug-likeness (QED) is 0.828. The minimum Gasteiger partial charge on any atom is -0.467 e. The molecule has 6 nitrogen and oxygen atoms in total. The summed E-state index contributed by atoms with van der Waals surface area (Å²) in [5.41, 5.74) is 1.75. The molecule has 1 aromatic heterocycles. The van der Waals surface area contributed by atoms with Gasteiger partial charge in [0.05, 0.1) is 18.1 Å². The van der Waals surface area contributed by atoms with Gasteiger partial charge in [-0.25, -0.2) is 9.78 Å². The fourth-order valence-electron chi connectivity index (χ4n) is 2.55. The summed E-state index contributed by atoms with van der Waals surface area (Å²) in [5.74, 6) is 0.124. The Kier molecular flexibility index (Phi) is 5.36. The Morgan fingerprint density at radius 3 is 2.70 bits per heavy atom. The van der Waals surface area contributed by atoms with Gasteiger partial charge in [-0.3, -0.25) is 4.79 Å². The molecule has 0 spiro atoms. The van der Waals surface area contributed by atoms with Crippen molar-refractivity contribution in [1.82, 2.24) is 14.9 Å². The van der Waals surface area contributed by atoms with E-state index >= 15 is 0 Å². The molecule has 124 valence electrons. The number of aromatic nitrogens is 2. The first-order chi connectivity index (χ1) is 11.0. The Labute approximate surface area is 135 Å². The van der Waals surface area contributed by atoms with E-state index < -0.39 is 12.0 Å². The van der Waals surface area contributed by atoms with Crippen molar-refractivity contribution in [2.45, 2.75) is 39.8 Å². The third kappa shape index (κ3) is 3.70. The minimum atomic E-state index is -0.632. The van der Waals surface area contributed by atoms with E-state index in [2.05, 4.69) is 10.3 Å². The van der Waals surface area contributed by atoms with Gasteiger partial charge in [0.2, 0.25) is 5.91 Å². The van der Waals surface area contributed by atoms with E-state index in [1.54, 1.807) is 0 Å². The predicted molar refractivity (Wildman–Crippen MR) is 87.9 cm³/mol. The third-order valence-corrected chi connectivity index (χ3v) is 4.13. The van der Waals surface area contributed by atoms with E-state index in [4.69, 9.17) is 4.74 Å². The normalized spacial score (nSPS) is 13.6. The Bertz CT molecular complexity index is 708. The van der Waals surface area contributed by atoms with Crippen LogP contribution in [0.4, 0.5) is 0 Å². The monoisotopic (exact) mass is 317 g/mol. The van der Waals surface area contributed by atoms with Gasteiger partial charge in [-0.1, -0.05) is 32.4 Å². The number of benzene rings is 1. The topological polar surface area (TPSA) is 73.2 Å². The zero-order valence-electron chi connectivity index (χ0n) is 14.0. The van der Waals surface area contributed by atoms with E-state index in [9.17, 15) is 9.59 Å². The van der Waals surface area contributed by atoms with Crippen LogP contribution in [0.3, 0.4) is 0 Å². The van der Waals surface area contributed by atoms with Gasteiger partial charge in [0.15, 0.2) is 0 Å². The van der Waals surface area contributed by atoms with Gasteiger partial charge in [-0.2, -0.15) is 0 Å². The summed E-state index contributed by atoms with van der Waals surface area (Å²) in [6.07, 6.45) is 0.771. The summed E-state index contributed by atoms with van der Waals surface area (Å²) in [6, 6.07) is 7.03. The molecule has 23 heavy (non-hydrogen) atoms. The van der Waals surface area contributed by atoms with Gasteiger partial charge < -0.3 is 14.6 Å². The second kappa shape index (κ2) is 7.26. The number of nitrogens with zero attached hydrogens (tertiary/aromatic N) is 2. The van der Waals surface area contributed by atoms with Crippen LogP contribution >= 0.6 is 0 Å². The zero-order chi connectivity index (χ0) is 17.0. The minimum absolute atomic E-state index is 0.00651. The van der Waals surface area contributed by atoms with Crippen molar-refractivity contribution in [1.29, 1.82) is 0 Å². The zero-order valence-corrected chi connectivity index (χ0v) is 14.0. The van der Waals surface area contributed by atoms with E-state index in [0.29, 0.717) is 0 Å². The molecule has 0 aliphatic carbocycles. The highest BCUT2D eigenvalue weighted by Crippen LogP contribution is 2.15. The number of aryl methyl sites for hydroxylation is 1. The Morgan fingerprint density at radius 2 is 2.04 bits per heavy atom. The molecular formula is C17H23N3O3. The molecule has 0 radical (unpaired) electrons. The fourth-order valence-corrected chi connectivity index (χ4v) is 2.55. The Balaban J connectivity index is 2.17. The van der Waals surface area contributed by atoms with E-state index in [1.807, 2.05) is 49.6 Å². The fraction of sp³-hybridized carbons (Fsp3) is 0.471. The van der Waals surface area contributed by atoms with Crippen LogP contribution in [0.15, 0.2) is 24.3 Å². The summed E-state index contributed by atoms with van der Waals surface area (Å²) in [5, 5.41) is 2.79. The van der Waals surface area contributed by atoms with Crippen molar-refractivity contribution in [3.05, 3.63) is 30.1 Å². The molecule has 0 unspecified atom stereocenters. The number of nitrogens with one attached hydrogen (secondary N) is 1. The van der Waals surface area contributed by atoms with Crippen LogP contribution < -0.4 is 5.32 Å². The molecule has 0 aliphatic rings. The maximum Gasteiger partial charge on any atom is 0.328 e. The molecule has 0 aliphatic heterocycles. The lowest BCUT2D eigenvalue weighted by Gasteiger charge is -2.22. The smallest absolute Gasteiger partial charge is 0.328 e. The van der Waals surface area contributed by atoms with Gasteiger partial charge in [0.1, 0.15) is 18.4 Å². The van der Waals surface area contributed by atoms with Crippen LogP contribution in [0, 0.1) is 12.8 Å². The molecule has 2 rings (SSSR count). The lowest BCUT2D eigenvalue weighted by atomic mass is 9.99. The van der Waals surface area contributed by atoms with Crippen molar-refractivity contribution in [2.75, 3.05) is 7.11 Å². The van der Waals surface area contributed by atoms with Gasteiger partial charge in [0, 0.05) is 0 Å². The average molecular weight is 317 g/mol. The summed E-state index contributed by atoms with van der Waals surface area (Å²) in [7, 11) is 1.33. The van der Waals surface area contributed by atoms with E-state index in [-0.39, 0.29) is 18.4 Å². The summed E-state index contributed by atoms with van der Waals surface area (Å²) < 4.78 is 6.64. The number of fused-ring (bicyclic) bond motifs is 1. The highest BCUT2D eigenvalue weighted by molar-refractivity contribution is 5.86. The molecule has 2 aromatic rings. The maximum atomic E-state index is 12.4. The second-order valence-electron chi connectivity index (χ2n) is 5.69. The number of carbonyl (C=O) groups is 2. The first-order valence-electron chi connectivity index (χ1n) is 7.77. The highest BCUT2D eigenvalue weighted by Gasteiger charge is 2.26. The standard InChI is InChI=1S/C17H23N3O3/c1-5-11(2)16(17(22)23-4)19-15(21)10-20-12(3)18-13-8-6-7-9-14(13)20/h6-9,11,16H,5,10H2,1-4H3,(H,19,21)/t11-,16-/m1/s1. The highest BCUT2D eigenvalue weighted by atomic mass is 16.5. The first kappa shape index (κ1) is 17.0. The van der Waals surface area contributed by atoms with Crippen molar-refractivity contribution < 1.29 is 14.3 Å². The number of para-hydroxylation sites is 2. The van der Waals surface area contributed by atoms with Crippen molar-refractivity contribution >= 4 is 22.9 Å². The largest absolute Gasteiger partial charge is 0.467 e. The number of carbonyl (C=O) groups excluding carboxylic acids is 2. The van der Waals surface area contributed by atoms with Crippen LogP contribution in [0.5, 0.6) is 0 Å². The molecule has 6 heteroatoms. The van der Waals surface area contributed by atoms with E-state index in [1.165, 1.54) is 7.11 Å². The number of methoxy groups -OCH3 is 1. The molecule has 0 saturated carbocycles. The second-order valence-corrected chi connectivity index (χ2v) is 5.69. The molecule has 1 heterocycles. The number of esters is 1. The first-order valence-corrected chi connectivity index (χ1v) is 7.77. The van der Waals surface area contributed by atoms with Gasteiger partial charge in [-0.15, -0.1) is 0 Å². The van der Waals surface area contributed by atoms with Gasteiger partial charge in [-0.05, 0) is 25.0 Å². The lowest BCUT2D eigenvalue weighted by molar-refractivity contribution is -0.146. The molecule has 2 atom stereocenters. The van der Waals surface area contributed by atoms with Crippen LogP contribution in [-0.4, -0.2) is 34.6 Å².